The van der Waals surface area contributed by atoms with E-state index in [-0.39, 0.29) is 42.5 Å². The molecule has 0 radical (unpaired) electrons. The van der Waals surface area contributed by atoms with Gasteiger partial charge in [-0.05, 0) is 51.9 Å². The van der Waals surface area contributed by atoms with Crippen molar-refractivity contribution in [1.29, 1.82) is 0 Å². The summed E-state index contributed by atoms with van der Waals surface area (Å²) in [5, 5.41) is 21.4. The summed E-state index contributed by atoms with van der Waals surface area (Å²) in [5.74, 6) is -0.436. The molecule has 0 bridgehead atoms. The van der Waals surface area contributed by atoms with E-state index in [4.69, 9.17) is 25.8 Å². The van der Waals surface area contributed by atoms with Gasteiger partial charge in [-0.15, -0.1) is 11.6 Å². The highest BCUT2D eigenvalue weighted by molar-refractivity contribution is 14.1. The van der Waals surface area contributed by atoms with Gasteiger partial charge in [-0.2, -0.15) is 0 Å². The molecule has 176 valence electrons. The van der Waals surface area contributed by atoms with Crippen molar-refractivity contribution in [3.63, 3.8) is 0 Å². The van der Waals surface area contributed by atoms with Crippen molar-refractivity contribution in [2.45, 2.75) is 99.2 Å². The van der Waals surface area contributed by atoms with E-state index in [1.165, 1.54) is 7.11 Å². The fourth-order valence-electron chi connectivity index (χ4n) is 4.50. The van der Waals surface area contributed by atoms with Crippen molar-refractivity contribution in [3.8, 4) is 0 Å². The Morgan fingerprint density at radius 3 is 2.52 bits per heavy atom. The summed E-state index contributed by atoms with van der Waals surface area (Å²) >= 11 is 8.32. The second kappa shape index (κ2) is 11.2. The molecule has 9 atom stereocenters. The number of rotatable bonds is 9. The van der Waals surface area contributed by atoms with Crippen LogP contribution in [0.2, 0.25) is 0 Å². The second-order valence-electron chi connectivity index (χ2n) is 8.44. The van der Waals surface area contributed by atoms with Gasteiger partial charge in [0, 0.05) is 18.2 Å². The average molecular weight is 573 g/mol. The molecule has 3 rings (SSSR count). The Kier molecular flexibility index (Phi) is 9.16. The molecule has 0 spiro atoms. The van der Waals surface area contributed by atoms with Crippen LogP contribution in [-0.4, -0.2) is 83.3 Å². The first-order valence-electron chi connectivity index (χ1n) is 10.6. The molecule has 31 heavy (non-hydrogen) atoms. The van der Waals surface area contributed by atoms with Crippen LogP contribution >= 0.6 is 34.2 Å². The Bertz CT molecular complexity index is 676. The van der Waals surface area contributed by atoms with E-state index in [0.717, 1.165) is 3.58 Å². The third-order valence-corrected chi connectivity index (χ3v) is 6.91. The van der Waals surface area contributed by atoms with Crippen molar-refractivity contribution >= 4 is 45.9 Å². The lowest BCUT2D eigenvalue weighted by molar-refractivity contribution is -0.259. The molecule has 0 aromatic carbocycles. The van der Waals surface area contributed by atoms with E-state index >= 15 is 0 Å². The Morgan fingerprint density at radius 2 is 1.84 bits per heavy atom. The molecule has 0 amide bonds. The van der Waals surface area contributed by atoms with Crippen LogP contribution in [0, 0.1) is 0 Å². The van der Waals surface area contributed by atoms with Crippen LogP contribution < -0.4 is 0 Å². The number of alkyl halides is 1. The number of ether oxygens (including phenoxy) is 4. The first-order valence-corrected chi connectivity index (χ1v) is 12.1. The number of aliphatic hydroxyl groups is 2. The van der Waals surface area contributed by atoms with Gasteiger partial charge in [-0.25, -0.2) is 0 Å². The van der Waals surface area contributed by atoms with Gasteiger partial charge in [-0.3, -0.25) is 9.59 Å². The minimum atomic E-state index is -1.03. The van der Waals surface area contributed by atoms with Crippen molar-refractivity contribution in [2.24, 2.45) is 0 Å². The molecule has 0 aromatic heterocycles. The lowest BCUT2D eigenvalue weighted by atomic mass is 9.87. The van der Waals surface area contributed by atoms with Crippen LogP contribution in [0.15, 0.2) is 10.2 Å². The molecule has 5 unspecified atom stereocenters. The summed E-state index contributed by atoms with van der Waals surface area (Å²) in [7, 11) is 1.32. The zero-order chi connectivity index (χ0) is 22.7. The molecule has 3 saturated heterocycles. The lowest BCUT2D eigenvalue weighted by Gasteiger charge is -2.46. The number of methoxy groups -OCH3 is 1. The Labute approximate surface area is 200 Å². The van der Waals surface area contributed by atoms with Crippen LogP contribution in [0.1, 0.15) is 44.9 Å². The molecule has 0 aliphatic carbocycles. The number of hydrogen-bond donors (Lipinski definition) is 2. The summed E-state index contributed by atoms with van der Waals surface area (Å²) in [6, 6.07) is 0. The van der Waals surface area contributed by atoms with Crippen LogP contribution in [0.4, 0.5) is 0 Å². The predicted octanol–water partition coefficient (Wildman–Crippen LogP) is 2.04. The van der Waals surface area contributed by atoms with E-state index in [9.17, 15) is 19.8 Å². The third-order valence-electron chi connectivity index (χ3n) is 6.10. The first kappa shape index (κ1) is 25.3. The second-order valence-corrected chi connectivity index (χ2v) is 10.6. The summed E-state index contributed by atoms with van der Waals surface area (Å²) in [5.41, 5.74) is 0. The van der Waals surface area contributed by atoms with Crippen LogP contribution in [0.5, 0.6) is 0 Å². The SMILES string of the molecule is C=C(I)C[C@H](Cl)CCC(=O)CC1OC2C(O[C@H]3CC[C@H](CC(=O)OC)O[C@@H]3C2O)C1O. The molecule has 8 nitrogen and oxygen atoms in total. The predicted molar refractivity (Wildman–Crippen MR) is 120 cm³/mol. The number of allylic oxidation sites excluding steroid dienone is 1. The van der Waals surface area contributed by atoms with Gasteiger partial charge < -0.3 is 29.2 Å². The van der Waals surface area contributed by atoms with E-state index in [0.29, 0.717) is 25.7 Å². The fraction of sp³-hybridized carbons (Fsp3) is 0.810. The Hall–Kier alpha value is -0.300. The van der Waals surface area contributed by atoms with Crippen molar-refractivity contribution in [1.82, 2.24) is 0 Å². The highest BCUT2D eigenvalue weighted by atomic mass is 127. The van der Waals surface area contributed by atoms with Gasteiger partial charge in [0.25, 0.3) is 0 Å². The van der Waals surface area contributed by atoms with E-state index in [2.05, 4.69) is 33.9 Å². The number of carbonyl (C=O) groups is 2. The molecule has 2 N–H and O–H groups in total. The average Bonchev–Trinajstić information content (AvgIpc) is 3.02. The van der Waals surface area contributed by atoms with Gasteiger partial charge in [0.15, 0.2) is 0 Å². The van der Waals surface area contributed by atoms with E-state index < -0.39 is 42.7 Å². The van der Waals surface area contributed by atoms with Gasteiger partial charge in [0.1, 0.15) is 36.3 Å². The first-order chi connectivity index (χ1) is 14.7. The number of carbonyl (C=O) groups excluding carboxylic acids is 2. The summed E-state index contributed by atoms with van der Waals surface area (Å²) in [6.45, 7) is 3.81. The Balaban J connectivity index is 1.54. The molecule has 3 aliphatic rings. The number of aliphatic hydroxyl groups excluding tert-OH is 2. The maximum absolute atomic E-state index is 12.4. The fourth-order valence-corrected chi connectivity index (χ4v) is 5.59. The molecular formula is C21H30ClIO8. The van der Waals surface area contributed by atoms with Crippen LogP contribution in [0.3, 0.4) is 0 Å². The van der Waals surface area contributed by atoms with Gasteiger partial charge in [0.2, 0.25) is 0 Å². The third kappa shape index (κ3) is 6.39. The number of ketones is 1. The van der Waals surface area contributed by atoms with E-state index in [1.807, 2.05) is 0 Å². The number of hydrogen-bond acceptors (Lipinski definition) is 8. The smallest absolute Gasteiger partial charge is 0.308 e. The van der Waals surface area contributed by atoms with Crippen molar-refractivity contribution in [2.75, 3.05) is 7.11 Å². The lowest BCUT2D eigenvalue weighted by Crippen LogP contribution is -2.61. The molecule has 10 heteroatoms. The highest BCUT2D eigenvalue weighted by Gasteiger charge is 2.57. The maximum atomic E-state index is 12.4. The maximum Gasteiger partial charge on any atom is 0.308 e. The molecule has 0 saturated carbocycles. The van der Waals surface area contributed by atoms with Crippen molar-refractivity contribution in [3.05, 3.63) is 10.2 Å². The minimum absolute atomic E-state index is 0.0280. The van der Waals surface area contributed by atoms with Crippen LogP contribution in [-0.2, 0) is 28.5 Å². The van der Waals surface area contributed by atoms with Gasteiger partial charge >= 0.3 is 5.97 Å². The molecule has 0 aromatic rings. The monoisotopic (exact) mass is 572 g/mol. The molecular weight excluding hydrogens is 543 g/mol. The highest BCUT2D eigenvalue weighted by Crippen LogP contribution is 2.40. The van der Waals surface area contributed by atoms with Gasteiger partial charge in [-0.1, -0.05) is 6.58 Å². The van der Waals surface area contributed by atoms with E-state index in [1.54, 1.807) is 0 Å². The minimum Gasteiger partial charge on any atom is -0.469 e. The molecule has 3 fully saturated rings. The Morgan fingerprint density at radius 1 is 1.13 bits per heavy atom. The molecule has 3 heterocycles. The summed E-state index contributed by atoms with van der Waals surface area (Å²) in [4.78, 5) is 23.9. The standard InChI is InChI=1S/C21H30ClIO8/c1-10(23)7-11(22)3-4-12(24)8-15-17(26)20-21(31-15)18(27)19-14(30-20)6-5-13(29-19)9-16(25)28-2/h11,13-15,17-21,26-27H,1,3-9H2,2H3/t11-,13-,14+,15?,17?,18?,19+,20?,21?/m1/s1. The topological polar surface area (TPSA) is 112 Å². The quantitative estimate of drug-likeness (QED) is 0.245. The summed E-state index contributed by atoms with van der Waals surface area (Å²) in [6.07, 6.45) is -3.00. The van der Waals surface area contributed by atoms with Gasteiger partial charge in [0.05, 0.1) is 31.8 Å². The summed E-state index contributed by atoms with van der Waals surface area (Å²) < 4.78 is 23.4. The van der Waals surface area contributed by atoms with Crippen LogP contribution in [0.25, 0.3) is 0 Å². The number of Topliss-reactive ketones (excluding diaryl/α,β-unsaturated/α-hetero) is 1. The van der Waals surface area contributed by atoms with Crippen molar-refractivity contribution < 1.29 is 38.7 Å². The number of halogens is 2. The number of fused-ring (bicyclic) bond motifs is 2. The largest absolute Gasteiger partial charge is 0.469 e. The number of esters is 1. The normalized spacial score (nSPS) is 38.1. The zero-order valence-electron chi connectivity index (χ0n) is 17.5. The zero-order valence-corrected chi connectivity index (χ0v) is 20.4. The molecule has 3 aliphatic heterocycles.